The molecule has 0 aliphatic heterocycles. The minimum absolute atomic E-state index is 0. The van der Waals surface area contributed by atoms with E-state index in [4.69, 9.17) is 0 Å². The van der Waals surface area contributed by atoms with E-state index in [1.165, 1.54) is 16.3 Å². The van der Waals surface area contributed by atoms with E-state index >= 15 is 0 Å². The summed E-state index contributed by atoms with van der Waals surface area (Å²) in [7, 11) is 0. The molecule has 3 aromatic carbocycles. The molecular formula is C24H24ClNO2. The van der Waals surface area contributed by atoms with Crippen LogP contribution in [0.25, 0.3) is 10.8 Å². The molecule has 0 amide bonds. The molecule has 4 heteroatoms. The van der Waals surface area contributed by atoms with Crippen molar-refractivity contribution in [3.63, 3.8) is 0 Å². The molecule has 0 heterocycles. The van der Waals surface area contributed by atoms with Crippen molar-refractivity contribution in [3.8, 4) is 11.8 Å². The fourth-order valence-electron chi connectivity index (χ4n) is 3.37. The van der Waals surface area contributed by atoms with Crippen LogP contribution in [0.2, 0.25) is 0 Å². The second kappa shape index (κ2) is 9.94. The second-order valence-corrected chi connectivity index (χ2v) is 6.46. The monoisotopic (exact) mass is 393 g/mol. The van der Waals surface area contributed by atoms with Crippen molar-refractivity contribution in [3.05, 3.63) is 82.9 Å². The molecule has 0 saturated carbocycles. The summed E-state index contributed by atoms with van der Waals surface area (Å²) in [5.41, 5.74) is 3.16. The van der Waals surface area contributed by atoms with Crippen LogP contribution in [0.1, 0.15) is 46.9 Å². The standard InChI is InChI=1S/C24H23NO2.ClH/c1-3-20-18(10-7-15-23(20)24(26)27)12-8-16-25-17(2)21-14-6-11-19-9-4-5-13-22(19)21;/h4-7,9-11,13-15,17,25H,3,16H2,1-2H3,(H,26,27);1H/t17-;/m1./s1. The third-order valence-electron chi connectivity index (χ3n) is 4.77. The SMILES string of the molecule is CCc1c(C#CCN[C@H](C)c2cccc3ccccc23)cccc1C(=O)O.Cl. The molecule has 0 radical (unpaired) electrons. The van der Waals surface area contributed by atoms with E-state index in [1.54, 1.807) is 12.1 Å². The smallest absolute Gasteiger partial charge is 0.336 e. The van der Waals surface area contributed by atoms with Crippen molar-refractivity contribution < 1.29 is 9.90 Å². The topological polar surface area (TPSA) is 49.3 Å². The lowest BCUT2D eigenvalue weighted by Crippen LogP contribution is -2.19. The Kier molecular flexibility index (Phi) is 7.63. The lowest BCUT2D eigenvalue weighted by Gasteiger charge is -2.15. The van der Waals surface area contributed by atoms with Gasteiger partial charge in [0.15, 0.2) is 0 Å². The summed E-state index contributed by atoms with van der Waals surface area (Å²) < 4.78 is 0. The van der Waals surface area contributed by atoms with E-state index in [9.17, 15) is 9.90 Å². The Morgan fingerprint density at radius 2 is 1.79 bits per heavy atom. The first-order chi connectivity index (χ1) is 13.1. The summed E-state index contributed by atoms with van der Waals surface area (Å²) in [4.78, 5) is 11.4. The van der Waals surface area contributed by atoms with E-state index in [1.807, 2.05) is 19.1 Å². The van der Waals surface area contributed by atoms with Crippen molar-refractivity contribution in [1.29, 1.82) is 0 Å². The highest BCUT2D eigenvalue weighted by molar-refractivity contribution is 5.90. The summed E-state index contributed by atoms with van der Waals surface area (Å²) in [6.07, 6.45) is 0.645. The average Bonchev–Trinajstić information content (AvgIpc) is 2.70. The Bertz CT molecular complexity index is 1030. The Balaban J connectivity index is 0.00000280. The zero-order chi connectivity index (χ0) is 19.2. The fraction of sp³-hybridized carbons (Fsp3) is 0.208. The minimum atomic E-state index is -0.904. The van der Waals surface area contributed by atoms with Crippen LogP contribution in [0.15, 0.2) is 60.7 Å². The maximum atomic E-state index is 11.4. The number of aromatic carboxylic acids is 1. The predicted octanol–water partition coefficient (Wildman–Crippen LogP) is 5.22. The number of rotatable bonds is 5. The molecule has 3 aromatic rings. The van der Waals surface area contributed by atoms with Gasteiger partial charge in [-0.25, -0.2) is 4.79 Å². The largest absolute Gasteiger partial charge is 0.478 e. The molecule has 0 spiro atoms. The first-order valence-electron chi connectivity index (χ1n) is 9.17. The van der Waals surface area contributed by atoms with Gasteiger partial charge < -0.3 is 5.11 Å². The minimum Gasteiger partial charge on any atom is -0.478 e. The van der Waals surface area contributed by atoms with Crippen molar-refractivity contribution >= 4 is 29.1 Å². The molecule has 0 aliphatic rings. The van der Waals surface area contributed by atoms with Crippen LogP contribution >= 0.6 is 12.4 Å². The first-order valence-corrected chi connectivity index (χ1v) is 9.17. The Morgan fingerprint density at radius 3 is 2.54 bits per heavy atom. The molecule has 0 fully saturated rings. The van der Waals surface area contributed by atoms with Gasteiger partial charge in [0.25, 0.3) is 0 Å². The molecular weight excluding hydrogens is 370 g/mol. The second-order valence-electron chi connectivity index (χ2n) is 6.46. The molecule has 144 valence electrons. The van der Waals surface area contributed by atoms with E-state index in [2.05, 4.69) is 60.5 Å². The van der Waals surface area contributed by atoms with Crippen molar-refractivity contribution in [2.75, 3.05) is 6.54 Å². The van der Waals surface area contributed by atoms with Gasteiger partial charge in [0, 0.05) is 11.6 Å². The first kappa shape index (κ1) is 21.5. The van der Waals surface area contributed by atoms with Gasteiger partial charge >= 0.3 is 5.97 Å². The van der Waals surface area contributed by atoms with Gasteiger partial charge in [0.1, 0.15) is 0 Å². The molecule has 0 saturated heterocycles. The summed E-state index contributed by atoms with van der Waals surface area (Å²) in [5.74, 6) is 5.36. The zero-order valence-electron chi connectivity index (χ0n) is 16.0. The van der Waals surface area contributed by atoms with Crippen LogP contribution < -0.4 is 5.32 Å². The number of hydrogen-bond acceptors (Lipinski definition) is 2. The lowest BCUT2D eigenvalue weighted by molar-refractivity contribution is 0.0695. The third kappa shape index (κ3) is 4.72. The van der Waals surface area contributed by atoms with Crippen LogP contribution in [0.5, 0.6) is 0 Å². The van der Waals surface area contributed by atoms with E-state index in [0.29, 0.717) is 18.5 Å². The normalized spacial score (nSPS) is 11.2. The number of hydrogen-bond donors (Lipinski definition) is 2. The lowest BCUT2D eigenvalue weighted by atomic mass is 9.99. The molecule has 0 aromatic heterocycles. The van der Waals surface area contributed by atoms with Crippen LogP contribution in [-0.4, -0.2) is 17.6 Å². The Hall–Kier alpha value is -2.80. The zero-order valence-corrected chi connectivity index (χ0v) is 16.8. The highest BCUT2D eigenvalue weighted by atomic mass is 35.5. The van der Waals surface area contributed by atoms with Crippen LogP contribution in [0, 0.1) is 11.8 Å². The number of carbonyl (C=O) groups is 1. The van der Waals surface area contributed by atoms with Gasteiger partial charge in [0.2, 0.25) is 0 Å². The average molecular weight is 394 g/mol. The van der Waals surface area contributed by atoms with Gasteiger partial charge in [-0.15, -0.1) is 12.4 Å². The molecule has 0 aliphatic carbocycles. The fourth-order valence-corrected chi connectivity index (χ4v) is 3.37. The maximum Gasteiger partial charge on any atom is 0.336 e. The Labute approximate surface area is 172 Å². The van der Waals surface area contributed by atoms with Crippen LogP contribution in [0.4, 0.5) is 0 Å². The molecule has 1 atom stereocenters. The maximum absolute atomic E-state index is 11.4. The molecule has 2 N–H and O–H groups in total. The number of benzene rings is 3. The molecule has 0 unspecified atom stereocenters. The quantitative estimate of drug-likeness (QED) is 0.584. The Morgan fingerprint density at radius 1 is 1.07 bits per heavy atom. The number of carboxylic acid groups (broad SMARTS) is 1. The molecule has 3 rings (SSSR count). The summed E-state index contributed by atoms with van der Waals surface area (Å²) >= 11 is 0. The number of fused-ring (bicyclic) bond motifs is 1. The van der Waals surface area contributed by atoms with E-state index in [-0.39, 0.29) is 18.4 Å². The number of nitrogens with one attached hydrogen (secondary N) is 1. The van der Waals surface area contributed by atoms with Crippen LogP contribution in [0.3, 0.4) is 0 Å². The van der Waals surface area contributed by atoms with E-state index < -0.39 is 5.97 Å². The predicted molar refractivity (Wildman–Crippen MR) is 117 cm³/mol. The van der Waals surface area contributed by atoms with Crippen LogP contribution in [-0.2, 0) is 6.42 Å². The molecule has 0 bridgehead atoms. The van der Waals surface area contributed by atoms with Gasteiger partial charge in [-0.1, -0.05) is 67.3 Å². The third-order valence-corrected chi connectivity index (χ3v) is 4.77. The molecule has 3 nitrogen and oxygen atoms in total. The van der Waals surface area contributed by atoms with Gasteiger partial charge in [-0.05, 0) is 47.4 Å². The highest BCUT2D eigenvalue weighted by Crippen LogP contribution is 2.23. The number of halogens is 1. The summed E-state index contributed by atoms with van der Waals surface area (Å²) in [6.45, 7) is 4.62. The summed E-state index contributed by atoms with van der Waals surface area (Å²) in [6, 6.07) is 20.1. The summed E-state index contributed by atoms with van der Waals surface area (Å²) in [5, 5.41) is 15.2. The van der Waals surface area contributed by atoms with Crippen molar-refractivity contribution in [2.24, 2.45) is 0 Å². The van der Waals surface area contributed by atoms with Gasteiger partial charge in [0.05, 0.1) is 12.1 Å². The number of carboxylic acids is 1. The molecule has 28 heavy (non-hydrogen) atoms. The van der Waals surface area contributed by atoms with Gasteiger partial charge in [-0.3, -0.25) is 5.32 Å². The van der Waals surface area contributed by atoms with E-state index in [0.717, 1.165) is 11.1 Å². The van der Waals surface area contributed by atoms with Crippen molar-refractivity contribution in [1.82, 2.24) is 5.32 Å². The van der Waals surface area contributed by atoms with Crippen molar-refractivity contribution in [2.45, 2.75) is 26.3 Å². The van der Waals surface area contributed by atoms with Gasteiger partial charge in [-0.2, -0.15) is 0 Å². The highest BCUT2D eigenvalue weighted by Gasteiger charge is 2.11.